The first-order valence-electron chi connectivity index (χ1n) is 6.79. The maximum Gasteiger partial charge on any atom is 0.241 e. The summed E-state index contributed by atoms with van der Waals surface area (Å²) in [6.07, 6.45) is 7.72. The highest BCUT2D eigenvalue weighted by Crippen LogP contribution is 2.31. The van der Waals surface area contributed by atoms with Crippen LogP contribution in [-0.4, -0.2) is 28.9 Å². The Hall–Kier alpha value is -1.34. The number of amides is 1. The van der Waals surface area contributed by atoms with Gasteiger partial charge >= 0.3 is 0 Å². The molecule has 4 heteroatoms. The zero-order chi connectivity index (χ0) is 13.1. The standard InChI is InChI=1S/C14H21N3O/c1-2-11-7-8-12(9-15)17(11)14(18)13(16)10-5-3-4-6-10/h2,10-13H,1,3-8,16H2/t11-,12-,13+/m0/s1. The van der Waals surface area contributed by atoms with Gasteiger partial charge in [0.05, 0.1) is 18.2 Å². The van der Waals surface area contributed by atoms with Gasteiger partial charge in [0.25, 0.3) is 0 Å². The highest BCUT2D eigenvalue weighted by atomic mass is 16.2. The van der Waals surface area contributed by atoms with Gasteiger partial charge in [-0.2, -0.15) is 5.26 Å². The summed E-state index contributed by atoms with van der Waals surface area (Å²) in [5, 5.41) is 9.13. The molecule has 2 rings (SSSR count). The predicted octanol–water partition coefficient (Wildman–Crippen LogP) is 1.57. The van der Waals surface area contributed by atoms with Gasteiger partial charge in [-0.3, -0.25) is 4.79 Å². The Bertz CT molecular complexity index is 368. The van der Waals surface area contributed by atoms with Crippen LogP contribution in [0.15, 0.2) is 12.7 Å². The van der Waals surface area contributed by atoms with E-state index >= 15 is 0 Å². The fourth-order valence-electron chi connectivity index (χ4n) is 3.20. The van der Waals surface area contributed by atoms with Crippen molar-refractivity contribution >= 4 is 5.91 Å². The fourth-order valence-corrected chi connectivity index (χ4v) is 3.20. The first kappa shape index (κ1) is 13.1. The summed E-state index contributed by atoms with van der Waals surface area (Å²) in [6.45, 7) is 3.76. The van der Waals surface area contributed by atoms with Crippen molar-refractivity contribution in [2.45, 2.75) is 56.7 Å². The lowest BCUT2D eigenvalue weighted by molar-refractivity contribution is -0.135. The van der Waals surface area contributed by atoms with Gasteiger partial charge in [0.1, 0.15) is 6.04 Å². The number of carbonyl (C=O) groups is 1. The van der Waals surface area contributed by atoms with Crippen LogP contribution in [0.25, 0.3) is 0 Å². The van der Waals surface area contributed by atoms with Crippen LogP contribution in [0.5, 0.6) is 0 Å². The molecule has 0 spiro atoms. The zero-order valence-electron chi connectivity index (χ0n) is 10.7. The van der Waals surface area contributed by atoms with Crippen molar-refractivity contribution in [1.82, 2.24) is 4.90 Å². The molecular formula is C14H21N3O. The minimum absolute atomic E-state index is 0.0189. The predicted molar refractivity (Wildman–Crippen MR) is 69.4 cm³/mol. The van der Waals surface area contributed by atoms with Crippen LogP contribution in [-0.2, 0) is 4.79 Å². The van der Waals surface area contributed by atoms with E-state index in [0.29, 0.717) is 5.92 Å². The Morgan fingerprint density at radius 1 is 1.39 bits per heavy atom. The molecule has 0 aromatic carbocycles. The van der Waals surface area contributed by atoms with Crippen LogP contribution in [0.4, 0.5) is 0 Å². The van der Waals surface area contributed by atoms with E-state index in [1.54, 1.807) is 11.0 Å². The van der Waals surface area contributed by atoms with E-state index in [1.165, 1.54) is 0 Å². The van der Waals surface area contributed by atoms with Gasteiger partial charge in [-0.1, -0.05) is 18.9 Å². The molecule has 1 aliphatic carbocycles. The Kier molecular flexibility index (Phi) is 4.03. The summed E-state index contributed by atoms with van der Waals surface area (Å²) >= 11 is 0. The van der Waals surface area contributed by atoms with Crippen molar-refractivity contribution in [2.75, 3.05) is 0 Å². The van der Waals surface area contributed by atoms with E-state index in [4.69, 9.17) is 11.0 Å². The summed E-state index contributed by atoms with van der Waals surface area (Å²) in [6, 6.07) is 1.42. The van der Waals surface area contributed by atoms with Crippen LogP contribution in [0.2, 0.25) is 0 Å². The largest absolute Gasteiger partial charge is 0.320 e. The number of likely N-dealkylation sites (tertiary alicyclic amines) is 1. The molecule has 0 aromatic rings. The molecule has 2 N–H and O–H groups in total. The molecule has 1 aliphatic heterocycles. The van der Waals surface area contributed by atoms with Gasteiger partial charge in [0, 0.05) is 0 Å². The molecule has 1 amide bonds. The molecule has 98 valence electrons. The molecule has 0 bridgehead atoms. The second-order valence-corrected chi connectivity index (χ2v) is 5.34. The van der Waals surface area contributed by atoms with Gasteiger partial charge in [-0.25, -0.2) is 0 Å². The summed E-state index contributed by atoms with van der Waals surface area (Å²) in [5.74, 6) is 0.235. The first-order valence-corrected chi connectivity index (χ1v) is 6.79. The zero-order valence-corrected chi connectivity index (χ0v) is 10.7. The average molecular weight is 247 g/mol. The van der Waals surface area contributed by atoms with Gasteiger partial charge in [0.2, 0.25) is 5.91 Å². The van der Waals surface area contributed by atoms with Gasteiger partial charge in [-0.05, 0) is 31.6 Å². The number of hydrogen-bond acceptors (Lipinski definition) is 3. The molecule has 2 fully saturated rings. The monoisotopic (exact) mass is 247 g/mol. The molecular weight excluding hydrogens is 226 g/mol. The van der Waals surface area contributed by atoms with Crippen LogP contribution in [0.3, 0.4) is 0 Å². The first-order chi connectivity index (χ1) is 8.69. The molecule has 0 radical (unpaired) electrons. The molecule has 1 heterocycles. The van der Waals surface area contributed by atoms with Crippen molar-refractivity contribution < 1.29 is 4.79 Å². The summed E-state index contributed by atoms with van der Waals surface area (Å²) in [4.78, 5) is 14.1. The van der Waals surface area contributed by atoms with Crippen molar-refractivity contribution in [2.24, 2.45) is 11.7 Å². The molecule has 0 aromatic heterocycles. The number of nitriles is 1. The quantitative estimate of drug-likeness (QED) is 0.770. The van der Waals surface area contributed by atoms with Crippen LogP contribution in [0, 0.1) is 17.2 Å². The van der Waals surface area contributed by atoms with Gasteiger partial charge in [0.15, 0.2) is 0 Å². The van der Waals surface area contributed by atoms with Crippen molar-refractivity contribution in [1.29, 1.82) is 5.26 Å². The maximum absolute atomic E-state index is 12.5. The van der Waals surface area contributed by atoms with Crippen LogP contribution in [0.1, 0.15) is 38.5 Å². The number of rotatable bonds is 3. The fraction of sp³-hybridized carbons (Fsp3) is 0.714. The van der Waals surface area contributed by atoms with E-state index in [-0.39, 0.29) is 18.0 Å². The van der Waals surface area contributed by atoms with Crippen molar-refractivity contribution in [3.63, 3.8) is 0 Å². The molecule has 18 heavy (non-hydrogen) atoms. The minimum atomic E-state index is -0.441. The summed E-state index contributed by atoms with van der Waals surface area (Å²) in [5.41, 5.74) is 6.10. The molecule has 1 saturated heterocycles. The van der Waals surface area contributed by atoms with E-state index < -0.39 is 6.04 Å². The lowest BCUT2D eigenvalue weighted by Gasteiger charge is -2.30. The topological polar surface area (TPSA) is 70.1 Å². The third kappa shape index (κ3) is 2.28. The van der Waals surface area contributed by atoms with E-state index in [1.807, 2.05) is 0 Å². The SMILES string of the molecule is C=C[C@H]1CC[C@@H](C#N)N1C(=O)[C@H](N)C1CCCC1. The Morgan fingerprint density at radius 3 is 2.61 bits per heavy atom. The Morgan fingerprint density at radius 2 is 2.06 bits per heavy atom. The summed E-state index contributed by atoms with van der Waals surface area (Å²) in [7, 11) is 0. The summed E-state index contributed by atoms with van der Waals surface area (Å²) < 4.78 is 0. The van der Waals surface area contributed by atoms with E-state index in [0.717, 1.165) is 38.5 Å². The minimum Gasteiger partial charge on any atom is -0.320 e. The highest BCUT2D eigenvalue weighted by Gasteiger charge is 2.39. The number of hydrogen-bond donors (Lipinski definition) is 1. The normalized spacial score (nSPS) is 30.1. The van der Waals surface area contributed by atoms with Crippen molar-refractivity contribution in [3.8, 4) is 6.07 Å². The van der Waals surface area contributed by atoms with Crippen LogP contribution >= 0.6 is 0 Å². The number of nitrogens with two attached hydrogens (primary N) is 1. The number of nitrogens with zero attached hydrogens (tertiary/aromatic N) is 2. The average Bonchev–Trinajstić information content (AvgIpc) is 3.05. The van der Waals surface area contributed by atoms with Gasteiger partial charge in [-0.15, -0.1) is 6.58 Å². The second kappa shape index (κ2) is 5.53. The van der Waals surface area contributed by atoms with Crippen molar-refractivity contribution in [3.05, 3.63) is 12.7 Å². The molecule has 4 nitrogen and oxygen atoms in total. The maximum atomic E-state index is 12.5. The van der Waals surface area contributed by atoms with E-state index in [2.05, 4.69) is 12.6 Å². The molecule has 2 aliphatic rings. The number of carbonyl (C=O) groups excluding carboxylic acids is 1. The lowest BCUT2D eigenvalue weighted by Crippen LogP contribution is -2.51. The third-order valence-electron chi connectivity index (χ3n) is 4.30. The Labute approximate surface area is 108 Å². The lowest BCUT2D eigenvalue weighted by atomic mass is 9.97. The van der Waals surface area contributed by atoms with E-state index in [9.17, 15) is 4.79 Å². The molecule has 1 saturated carbocycles. The highest BCUT2D eigenvalue weighted by molar-refractivity contribution is 5.83. The van der Waals surface area contributed by atoms with Gasteiger partial charge < -0.3 is 10.6 Å². The molecule has 0 unspecified atom stereocenters. The van der Waals surface area contributed by atoms with Crippen LogP contribution < -0.4 is 5.73 Å². The second-order valence-electron chi connectivity index (χ2n) is 5.34. The molecule has 3 atom stereocenters. The smallest absolute Gasteiger partial charge is 0.241 e. The third-order valence-corrected chi connectivity index (χ3v) is 4.30. The Balaban J connectivity index is 2.10.